The van der Waals surface area contributed by atoms with E-state index in [1.807, 2.05) is 45.0 Å². The SMILES string of the molecule is CC(C)(C)C(NC(=O)c1ccc(Cl)cc1F)n1nnc2ccccc21. The highest BCUT2D eigenvalue weighted by atomic mass is 35.5. The maximum atomic E-state index is 14.1. The zero-order valence-electron chi connectivity index (χ0n) is 14.1. The van der Waals surface area contributed by atoms with Crippen LogP contribution in [0.5, 0.6) is 0 Å². The predicted molar refractivity (Wildman–Crippen MR) is 94.9 cm³/mol. The predicted octanol–water partition coefficient (Wildman–Crippen LogP) is 4.20. The Hall–Kier alpha value is -2.47. The molecule has 5 nitrogen and oxygen atoms in total. The fourth-order valence-electron chi connectivity index (χ4n) is 2.60. The Morgan fingerprint density at radius 2 is 1.96 bits per heavy atom. The standard InChI is InChI=1S/C18H18ClFN4O/c1-18(2,3)17(24-15-7-5-4-6-14(15)22-23-24)21-16(25)12-9-8-11(19)10-13(12)20/h4-10,17H,1-3H3,(H,21,25). The minimum absolute atomic E-state index is 0.0666. The number of rotatable bonds is 3. The van der Waals surface area contributed by atoms with Crippen LogP contribution in [0.4, 0.5) is 4.39 Å². The Balaban J connectivity index is 1.99. The van der Waals surface area contributed by atoms with Gasteiger partial charge in [-0.2, -0.15) is 0 Å². The minimum atomic E-state index is -0.666. The number of halogens is 2. The molecule has 0 saturated heterocycles. The van der Waals surface area contributed by atoms with Crippen LogP contribution in [-0.2, 0) is 0 Å². The van der Waals surface area contributed by atoms with Gasteiger partial charge in [-0.05, 0) is 30.3 Å². The summed E-state index contributed by atoms with van der Waals surface area (Å²) in [4.78, 5) is 12.6. The second kappa shape index (κ2) is 6.44. The lowest BCUT2D eigenvalue weighted by atomic mass is 9.91. The van der Waals surface area contributed by atoms with E-state index in [-0.39, 0.29) is 16.0 Å². The number of carbonyl (C=O) groups is 1. The van der Waals surface area contributed by atoms with Crippen LogP contribution < -0.4 is 5.32 Å². The molecule has 0 bridgehead atoms. The van der Waals surface area contributed by atoms with Crippen molar-refractivity contribution in [1.82, 2.24) is 20.3 Å². The second-order valence-electron chi connectivity index (χ2n) is 6.89. The third kappa shape index (κ3) is 3.49. The Morgan fingerprint density at radius 3 is 2.64 bits per heavy atom. The zero-order valence-corrected chi connectivity index (χ0v) is 14.9. The first-order valence-electron chi connectivity index (χ1n) is 7.83. The van der Waals surface area contributed by atoms with Crippen LogP contribution in [-0.4, -0.2) is 20.9 Å². The van der Waals surface area contributed by atoms with Gasteiger partial charge >= 0.3 is 0 Å². The number of nitrogens with zero attached hydrogens (tertiary/aromatic N) is 3. The number of hydrogen-bond donors (Lipinski definition) is 1. The Labute approximate surface area is 149 Å². The lowest BCUT2D eigenvalue weighted by Gasteiger charge is -2.31. The van der Waals surface area contributed by atoms with Gasteiger partial charge in [-0.1, -0.05) is 49.7 Å². The van der Waals surface area contributed by atoms with Crippen molar-refractivity contribution < 1.29 is 9.18 Å². The van der Waals surface area contributed by atoms with Gasteiger partial charge in [0.15, 0.2) is 0 Å². The molecule has 7 heteroatoms. The average molecular weight is 361 g/mol. The van der Waals surface area contributed by atoms with Gasteiger partial charge in [0.1, 0.15) is 17.5 Å². The number of aromatic nitrogens is 3. The fourth-order valence-corrected chi connectivity index (χ4v) is 2.76. The van der Waals surface area contributed by atoms with E-state index in [9.17, 15) is 9.18 Å². The number of hydrogen-bond acceptors (Lipinski definition) is 3. The van der Waals surface area contributed by atoms with E-state index in [0.717, 1.165) is 17.1 Å². The summed E-state index contributed by atoms with van der Waals surface area (Å²) < 4.78 is 15.7. The molecule has 1 amide bonds. The highest BCUT2D eigenvalue weighted by Crippen LogP contribution is 2.30. The van der Waals surface area contributed by atoms with Gasteiger partial charge in [0, 0.05) is 10.4 Å². The van der Waals surface area contributed by atoms with Crippen molar-refractivity contribution in [3.8, 4) is 0 Å². The maximum absolute atomic E-state index is 14.1. The molecular formula is C18H18ClFN4O. The summed E-state index contributed by atoms with van der Waals surface area (Å²) in [7, 11) is 0. The molecule has 1 N–H and O–H groups in total. The van der Waals surface area contributed by atoms with E-state index in [2.05, 4.69) is 15.6 Å². The molecule has 0 aliphatic carbocycles. The lowest BCUT2D eigenvalue weighted by molar-refractivity contribution is 0.0839. The molecule has 1 unspecified atom stereocenters. The summed E-state index contributed by atoms with van der Waals surface area (Å²) in [5.74, 6) is -1.20. The fraction of sp³-hybridized carbons (Fsp3) is 0.278. The van der Waals surface area contributed by atoms with Crippen LogP contribution in [0.25, 0.3) is 11.0 Å². The molecular weight excluding hydrogens is 343 g/mol. The van der Waals surface area contributed by atoms with Crippen LogP contribution in [0.2, 0.25) is 5.02 Å². The van der Waals surface area contributed by atoms with Gasteiger partial charge in [0.2, 0.25) is 0 Å². The molecule has 0 saturated carbocycles. The molecule has 3 rings (SSSR count). The first-order chi connectivity index (χ1) is 11.8. The van der Waals surface area contributed by atoms with Gasteiger partial charge in [-0.25, -0.2) is 9.07 Å². The maximum Gasteiger partial charge on any atom is 0.255 e. The summed E-state index contributed by atoms with van der Waals surface area (Å²) in [6.07, 6.45) is -0.512. The van der Waals surface area contributed by atoms with Crippen LogP contribution in [0.3, 0.4) is 0 Å². The van der Waals surface area contributed by atoms with Crippen molar-refractivity contribution in [3.05, 3.63) is 58.9 Å². The number of amides is 1. The van der Waals surface area contributed by atoms with Gasteiger partial charge in [-0.3, -0.25) is 4.79 Å². The van der Waals surface area contributed by atoms with Crippen LogP contribution >= 0.6 is 11.6 Å². The normalized spacial score (nSPS) is 13.0. The van der Waals surface area contributed by atoms with E-state index >= 15 is 0 Å². The lowest BCUT2D eigenvalue weighted by Crippen LogP contribution is -2.41. The monoisotopic (exact) mass is 360 g/mol. The Bertz CT molecular complexity index is 932. The van der Waals surface area contributed by atoms with E-state index < -0.39 is 17.9 Å². The molecule has 1 heterocycles. The molecule has 0 fully saturated rings. The first kappa shape index (κ1) is 17.4. The minimum Gasteiger partial charge on any atom is -0.330 e. The molecule has 25 heavy (non-hydrogen) atoms. The molecule has 0 radical (unpaired) electrons. The number of para-hydroxylation sites is 1. The molecule has 1 aromatic heterocycles. The van der Waals surface area contributed by atoms with Gasteiger partial charge in [0.05, 0.1) is 11.1 Å². The van der Waals surface area contributed by atoms with Crippen molar-refractivity contribution in [2.45, 2.75) is 26.9 Å². The van der Waals surface area contributed by atoms with E-state index in [4.69, 9.17) is 11.6 Å². The average Bonchev–Trinajstić information content (AvgIpc) is 2.95. The summed E-state index contributed by atoms with van der Waals surface area (Å²) >= 11 is 5.75. The molecule has 0 aliphatic heterocycles. The summed E-state index contributed by atoms with van der Waals surface area (Å²) in [5, 5.41) is 11.4. The molecule has 0 aliphatic rings. The van der Waals surface area contributed by atoms with Crippen molar-refractivity contribution in [2.24, 2.45) is 5.41 Å². The van der Waals surface area contributed by atoms with Gasteiger partial charge in [0.25, 0.3) is 5.91 Å². The second-order valence-corrected chi connectivity index (χ2v) is 7.33. The van der Waals surface area contributed by atoms with Crippen molar-refractivity contribution in [1.29, 1.82) is 0 Å². The molecule has 2 aromatic carbocycles. The molecule has 1 atom stereocenters. The quantitative estimate of drug-likeness (QED) is 0.761. The number of fused-ring (bicyclic) bond motifs is 1. The van der Waals surface area contributed by atoms with Crippen molar-refractivity contribution in [2.75, 3.05) is 0 Å². The summed E-state index contributed by atoms with van der Waals surface area (Å²) in [6, 6.07) is 11.4. The Kier molecular flexibility index (Phi) is 4.47. The van der Waals surface area contributed by atoms with Crippen LogP contribution in [0, 0.1) is 11.2 Å². The number of benzene rings is 2. The molecule has 0 spiro atoms. The van der Waals surface area contributed by atoms with E-state index in [1.54, 1.807) is 4.68 Å². The third-order valence-electron chi connectivity index (χ3n) is 3.89. The van der Waals surface area contributed by atoms with E-state index in [1.165, 1.54) is 12.1 Å². The number of carbonyl (C=O) groups excluding carboxylic acids is 1. The Morgan fingerprint density at radius 1 is 1.24 bits per heavy atom. The topological polar surface area (TPSA) is 59.8 Å². The smallest absolute Gasteiger partial charge is 0.255 e. The van der Waals surface area contributed by atoms with Crippen LogP contribution in [0.1, 0.15) is 37.3 Å². The van der Waals surface area contributed by atoms with Crippen LogP contribution in [0.15, 0.2) is 42.5 Å². The first-order valence-corrected chi connectivity index (χ1v) is 8.21. The van der Waals surface area contributed by atoms with E-state index in [0.29, 0.717) is 0 Å². The molecule has 3 aromatic rings. The number of nitrogens with one attached hydrogen (secondary N) is 1. The van der Waals surface area contributed by atoms with Crippen molar-refractivity contribution in [3.63, 3.8) is 0 Å². The summed E-state index contributed by atoms with van der Waals surface area (Å²) in [5.41, 5.74) is 1.07. The summed E-state index contributed by atoms with van der Waals surface area (Å²) in [6.45, 7) is 5.89. The third-order valence-corrected chi connectivity index (χ3v) is 4.12. The highest BCUT2D eigenvalue weighted by Gasteiger charge is 2.31. The van der Waals surface area contributed by atoms with Gasteiger partial charge in [-0.15, -0.1) is 5.10 Å². The highest BCUT2D eigenvalue weighted by molar-refractivity contribution is 6.30. The van der Waals surface area contributed by atoms with Gasteiger partial charge < -0.3 is 5.32 Å². The zero-order chi connectivity index (χ0) is 18.2. The largest absolute Gasteiger partial charge is 0.330 e. The van der Waals surface area contributed by atoms with Crippen molar-refractivity contribution >= 4 is 28.5 Å². The molecule has 130 valence electrons.